The van der Waals surface area contributed by atoms with E-state index >= 15 is 0 Å². The zero-order valence-corrected chi connectivity index (χ0v) is 25.3. The number of fused-ring (bicyclic) bond motifs is 2. The van der Waals surface area contributed by atoms with Crippen LogP contribution in [0, 0.1) is 6.92 Å². The average molecular weight is 635 g/mol. The lowest BCUT2D eigenvalue weighted by Crippen LogP contribution is -2.20. The highest BCUT2D eigenvalue weighted by Gasteiger charge is 2.17. The molecule has 6 aromatic rings. The maximum Gasteiger partial charge on any atom is 0.282 e. The lowest BCUT2D eigenvalue weighted by molar-refractivity contribution is 0.282. The molecule has 2 aromatic heterocycles. The third kappa shape index (κ3) is 5.87. The van der Waals surface area contributed by atoms with E-state index in [0.717, 1.165) is 26.5 Å². The van der Waals surface area contributed by atoms with Crippen molar-refractivity contribution in [3.05, 3.63) is 135 Å². The van der Waals surface area contributed by atoms with Gasteiger partial charge >= 0.3 is 0 Å². The maximum absolute atomic E-state index is 13.7. The number of hydrogen-bond donors (Lipinski definition) is 0. The molecule has 0 atom stereocenters. The van der Waals surface area contributed by atoms with Gasteiger partial charge in [-0.2, -0.15) is 9.78 Å². The number of benzene rings is 4. The van der Waals surface area contributed by atoms with Gasteiger partial charge < -0.3 is 13.9 Å². The number of allylic oxidation sites excluding steroid dienone is 1. The fourth-order valence-corrected chi connectivity index (χ4v) is 5.24. The number of nitrogens with zero attached hydrogens (tertiary/aromatic N) is 3. The molecule has 214 valence electrons. The molecule has 7 nitrogen and oxygen atoms in total. The summed E-state index contributed by atoms with van der Waals surface area (Å²) in [6, 6.07) is 26.8. The topological polar surface area (TPSA) is 78.9 Å². The van der Waals surface area contributed by atoms with Crippen molar-refractivity contribution in [2.75, 3.05) is 7.11 Å². The Hall–Kier alpha value is -4.95. The smallest absolute Gasteiger partial charge is 0.282 e. The zero-order chi connectivity index (χ0) is 29.9. The van der Waals surface area contributed by atoms with Gasteiger partial charge in [0.15, 0.2) is 17.3 Å². The highest BCUT2D eigenvalue weighted by atomic mass is 79.9. The van der Waals surface area contributed by atoms with Crippen molar-refractivity contribution in [1.29, 1.82) is 0 Å². The summed E-state index contributed by atoms with van der Waals surface area (Å²) >= 11 is 3.50. The Morgan fingerprint density at radius 1 is 1.05 bits per heavy atom. The summed E-state index contributed by atoms with van der Waals surface area (Å²) in [4.78, 5) is 18.5. The van der Waals surface area contributed by atoms with Crippen molar-refractivity contribution in [3.63, 3.8) is 0 Å². The van der Waals surface area contributed by atoms with E-state index in [1.807, 2.05) is 60.7 Å². The summed E-state index contributed by atoms with van der Waals surface area (Å²) in [5, 5.41) is 5.95. The molecule has 4 aromatic carbocycles. The zero-order valence-electron chi connectivity index (χ0n) is 23.7. The van der Waals surface area contributed by atoms with Crippen molar-refractivity contribution in [3.8, 4) is 23.1 Å². The lowest BCUT2D eigenvalue weighted by atomic mass is 10.1. The average Bonchev–Trinajstić information content (AvgIpc) is 3.44. The van der Waals surface area contributed by atoms with E-state index < -0.39 is 0 Å². The molecule has 8 heteroatoms. The third-order valence-electron chi connectivity index (χ3n) is 7.02. The van der Waals surface area contributed by atoms with Crippen molar-refractivity contribution in [1.82, 2.24) is 9.66 Å². The Balaban J connectivity index is 1.42. The molecule has 0 aliphatic carbocycles. The predicted molar refractivity (Wildman–Crippen MR) is 174 cm³/mol. The van der Waals surface area contributed by atoms with Crippen LogP contribution < -0.4 is 15.0 Å². The van der Waals surface area contributed by atoms with Gasteiger partial charge in [-0.15, -0.1) is 6.58 Å². The van der Waals surface area contributed by atoms with Crippen LogP contribution in [0.1, 0.15) is 22.3 Å². The van der Waals surface area contributed by atoms with Crippen molar-refractivity contribution < 1.29 is 13.9 Å². The molecule has 43 heavy (non-hydrogen) atoms. The number of halogens is 1. The van der Waals surface area contributed by atoms with E-state index in [2.05, 4.69) is 46.7 Å². The monoisotopic (exact) mass is 633 g/mol. The second-order valence-electron chi connectivity index (χ2n) is 10.1. The van der Waals surface area contributed by atoms with Crippen molar-refractivity contribution in [2.45, 2.75) is 20.0 Å². The molecule has 0 aliphatic heterocycles. The fraction of sp³-hybridized carbons (Fsp3) is 0.114. The minimum absolute atomic E-state index is 0.295. The maximum atomic E-state index is 13.7. The minimum Gasteiger partial charge on any atom is -0.493 e. The highest BCUT2D eigenvalue weighted by Crippen LogP contribution is 2.34. The molecule has 0 saturated heterocycles. The number of ether oxygens (including phenoxy) is 2. The van der Waals surface area contributed by atoms with E-state index in [4.69, 9.17) is 18.9 Å². The molecule has 0 aliphatic rings. The van der Waals surface area contributed by atoms with Crippen LogP contribution >= 0.6 is 15.9 Å². The van der Waals surface area contributed by atoms with Crippen molar-refractivity contribution in [2.24, 2.45) is 5.10 Å². The Morgan fingerprint density at radius 2 is 1.86 bits per heavy atom. The molecule has 0 amide bonds. The van der Waals surface area contributed by atoms with Crippen LogP contribution in [0.15, 0.2) is 116 Å². The molecule has 6 rings (SSSR count). The number of aryl methyl sites for hydroxylation is 1. The molecule has 0 N–H and O–H groups in total. The first-order valence-electron chi connectivity index (χ1n) is 13.7. The molecule has 0 unspecified atom stereocenters. The van der Waals surface area contributed by atoms with Gasteiger partial charge in [-0.3, -0.25) is 4.79 Å². The number of rotatable bonds is 9. The minimum atomic E-state index is -0.310. The van der Waals surface area contributed by atoms with E-state index in [9.17, 15) is 4.79 Å². The molecule has 0 fully saturated rings. The molecular formula is C35H28BrN3O4. The number of para-hydroxylation sites is 1. The summed E-state index contributed by atoms with van der Waals surface area (Å²) in [7, 11) is 1.60. The van der Waals surface area contributed by atoms with E-state index in [0.29, 0.717) is 52.6 Å². The number of hydrogen-bond acceptors (Lipinski definition) is 6. The van der Waals surface area contributed by atoms with Crippen LogP contribution in [0.25, 0.3) is 33.5 Å². The van der Waals surface area contributed by atoms with Gasteiger partial charge in [-0.1, -0.05) is 64.0 Å². The van der Waals surface area contributed by atoms with Gasteiger partial charge in [-0.25, -0.2) is 4.98 Å². The largest absolute Gasteiger partial charge is 0.493 e. The molecule has 0 spiro atoms. The Bertz CT molecular complexity index is 2060. The SMILES string of the molecule is C=CCc1cc(C=Nn2c(-c3cc4cc(Br)ccc4o3)nc3ccccc3c2=O)cc(OC)c1OCc1ccc(C)cc1. The summed E-state index contributed by atoms with van der Waals surface area (Å²) < 4.78 is 20.3. The van der Waals surface area contributed by atoms with Gasteiger partial charge in [0.1, 0.15) is 12.2 Å². The first-order chi connectivity index (χ1) is 20.9. The summed E-state index contributed by atoms with van der Waals surface area (Å²) in [6.07, 6.45) is 3.97. The van der Waals surface area contributed by atoms with Crippen LogP contribution in [0.5, 0.6) is 11.5 Å². The standard InChI is InChI=1S/C35H28BrN3O4/c1-4-7-25-16-24(17-31(41-3)33(25)42-21-23-12-10-22(2)11-13-23)20-37-39-34(38-29-9-6-5-8-28(29)35(39)40)32-19-26-18-27(36)14-15-30(26)43-32/h4-6,8-20H,1,7,21H2,2-3H3. The molecule has 0 radical (unpaired) electrons. The Morgan fingerprint density at radius 3 is 2.65 bits per heavy atom. The Kier molecular flexibility index (Phi) is 7.94. The molecule has 2 heterocycles. The quantitative estimate of drug-likeness (QED) is 0.119. The van der Waals surface area contributed by atoms with Gasteiger partial charge in [0.2, 0.25) is 5.82 Å². The highest BCUT2D eigenvalue weighted by molar-refractivity contribution is 9.10. The summed E-state index contributed by atoms with van der Waals surface area (Å²) in [5.41, 5.74) is 4.77. The second kappa shape index (κ2) is 12.1. The van der Waals surface area contributed by atoms with Crippen LogP contribution in [-0.4, -0.2) is 23.0 Å². The van der Waals surface area contributed by atoms with Gasteiger partial charge in [0.05, 0.1) is 24.2 Å². The Labute approximate surface area is 256 Å². The third-order valence-corrected chi connectivity index (χ3v) is 7.51. The predicted octanol–water partition coefficient (Wildman–Crippen LogP) is 8.08. The summed E-state index contributed by atoms with van der Waals surface area (Å²) in [5.74, 6) is 1.92. The van der Waals surface area contributed by atoms with Gasteiger partial charge in [0.25, 0.3) is 5.56 Å². The lowest BCUT2D eigenvalue weighted by Gasteiger charge is -2.16. The number of aromatic nitrogens is 2. The van der Waals surface area contributed by atoms with Gasteiger partial charge in [-0.05, 0) is 73.0 Å². The van der Waals surface area contributed by atoms with Crippen LogP contribution in [0.2, 0.25) is 0 Å². The number of methoxy groups -OCH3 is 1. The second-order valence-corrected chi connectivity index (χ2v) is 11.0. The van der Waals surface area contributed by atoms with E-state index in [-0.39, 0.29) is 5.56 Å². The number of furan rings is 1. The fourth-order valence-electron chi connectivity index (χ4n) is 4.86. The first-order valence-corrected chi connectivity index (χ1v) is 14.5. The molecule has 0 saturated carbocycles. The first kappa shape index (κ1) is 28.2. The molecular weight excluding hydrogens is 606 g/mol. The normalized spacial score (nSPS) is 11.4. The van der Waals surface area contributed by atoms with Crippen LogP contribution in [0.3, 0.4) is 0 Å². The molecule has 0 bridgehead atoms. The van der Waals surface area contributed by atoms with Crippen LogP contribution in [0.4, 0.5) is 0 Å². The summed E-state index contributed by atoms with van der Waals surface area (Å²) in [6.45, 7) is 6.36. The van der Waals surface area contributed by atoms with Crippen LogP contribution in [-0.2, 0) is 13.0 Å². The van der Waals surface area contributed by atoms with E-state index in [1.54, 1.807) is 31.5 Å². The van der Waals surface area contributed by atoms with E-state index in [1.165, 1.54) is 10.2 Å². The van der Waals surface area contributed by atoms with Crippen molar-refractivity contribution >= 4 is 44.0 Å². The van der Waals surface area contributed by atoms with Gasteiger partial charge in [0, 0.05) is 15.4 Å².